The van der Waals surface area contributed by atoms with Crippen molar-refractivity contribution in [3.8, 4) is 11.4 Å². The van der Waals surface area contributed by atoms with E-state index >= 15 is 0 Å². The fourth-order valence-electron chi connectivity index (χ4n) is 8.04. The molecule has 10 aromatic rings. The summed E-state index contributed by atoms with van der Waals surface area (Å²) in [6, 6.07) is 58.9. The van der Waals surface area contributed by atoms with Gasteiger partial charge in [-0.25, -0.2) is 4.99 Å². The summed E-state index contributed by atoms with van der Waals surface area (Å²) in [5.74, 6) is 0.813. The Labute approximate surface area is 289 Å². The highest BCUT2D eigenvalue weighted by Crippen LogP contribution is 2.42. The van der Waals surface area contributed by atoms with E-state index in [2.05, 4.69) is 190 Å². The first-order valence-electron chi connectivity index (χ1n) is 17.1. The van der Waals surface area contributed by atoms with E-state index in [0.717, 1.165) is 34.6 Å². The topological polar surface area (TPSA) is 27.1 Å². The summed E-state index contributed by atoms with van der Waals surface area (Å²) in [7, 11) is 0. The van der Waals surface area contributed by atoms with Crippen LogP contribution in [0.1, 0.15) is 5.56 Å². The normalized spacial score (nSPS) is 12.3. The monoisotopic (exact) mass is 640 g/mol. The number of benzene rings is 7. The van der Waals surface area contributed by atoms with Gasteiger partial charge in [0.05, 0.1) is 44.5 Å². The number of rotatable bonds is 6. The Bertz CT molecular complexity index is 2860. The van der Waals surface area contributed by atoms with Crippen molar-refractivity contribution in [2.75, 3.05) is 0 Å². The van der Waals surface area contributed by atoms with Gasteiger partial charge < -0.3 is 9.13 Å². The third-order valence-electron chi connectivity index (χ3n) is 10.2. The van der Waals surface area contributed by atoms with E-state index in [0.29, 0.717) is 0 Å². The van der Waals surface area contributed by atoms with Gasteiger partial charge in [-0.2, -0.15) is 0 Å². The van der Waals surface area contributed by atoms with E-state index in [1.54, 1.807) is 0 Å². The molecule has 0 amide bonds. The second kappa shape index (κ2) is 11.2. The van der Waals surface area contributed by atoms with Gasteiger partial charge in [0.2, 0.25) is 0 Å². The van der Waals surface area contributed by atoms with Crippen LogP contribution in [0, 0.1) is 0 Å². The van der Waals surface area contributed by atoms with Crippen LogP contribution in [0.3, 0.4) is 0 Å². The Morgan fingerprint density at radius 2 is 0.940 bits per heavy atom. The van der Waals surface area contributed by atoms with Crippen molar-refractivity contribution in [3.05, 3.63) is 175 Å². The molecule has 3 aromatic heterocycles. The Hall–Kier alpha value is -6.65. The molecule has 3 heterocycles. The van der Waals surface area contributed by atoms with Crippen LogP contribution < -0.4 is 0 Å². The molecular formula is C46H32N4. The Kier molecular flexibility index (Phi) is 6.36. The van der Waals surface area contributed by atoms with Crippen LogP contribution >= 0.6 is 0 Å². The number of allylic oxidation sites excluding steroid dienone is 1. The highest BCUT2D eigenvalue weighted by Gasteiger charge is 2.23. The zero-order valence-corrected chi connectivity index (χ0v) is 27.4. The van der Waals surface area contributed by atoms with Crippen LogP contribution in [-0.2, 0) is 6.42 Å². The molecule has 0 aliphatic heterocycles. The van der Waals surface area contributed by atoms with Gasteiger partial charge in [0.25, 0.3) is 0 Å². The van der Waals surface area contributed by atoms with Crippen LogP contribution in [0.2, 0.25) is 0 Å². The average molecular weight is 641 g/mol. The van der Waals surface area contributed by atoms with Crippen molar-refractivity contribution < 1.29 is 0 Å². The first-order chi connectivity index (χ1) is 24.8. The molecule has 0 spiro atoms. The Balaban J connectivity index is 1.39. The number of para-hydroxylation sites is 5. The number of hydrogen-bond donors (Lipinski definition) is 0. The average Bonchev–Trinajstić information content (AvgIpc) is 3.81. The van der Waals surface area contributed by atoms with Crippen LogP contribution in [0.5, 0.6) is 0 Å². The summed E-state index contributed by atoms with van der Waals surface area (Å²) in [5, 5.41) is 7.28. The van der Waals surface area contributed by atoms with Crippen LogP contribution in [0.15, 0.2) is 175 Å². The molecule has 0 unspecified atom stereocenters. The standard InChI is InChI=1S/C46H32N4/c1-47-45(28-27-31-15-3-2-4-16-31)50-42-26-14-9-21-37(42)46-43(49-40-24-12-7-19-35(40)36-20-8-13-25-41(36)49)29-32(30-44(46)50)48-38-22-10-5-17-33(38)34-18-6-11-23-39(34)48/h2-26,28-30H,1,27H2/b45-28+. The number of nitrogens with zero attached hydrogens (tertiary/aromatic N) is 4. The van der Waals surface area contributed by atoms with Crippen molar-refractivity contribution in [1.29, 1.82) is 0 Å². The zero-order chi connectivity index (χ0) is 33.2. The van der Waals surface area contributed by atoms with Gasteiger partial charge in [-0.05, 0) is 67.2 Å². The molecule has 10 rings (SSSR count). The molecule has 0 fully saturated rings. The second-order valence-electron chi connectivity index (χ2n) is 12.9. The maximum Gasteiger partial charge on any atom is 0.133 e. The lowest BCUT2D eigenvalue weighted by Gasteiger charge is -2.16. The van der Waals surface area contributed by atoms with Crippen molar-refractivity contribution >= 4 is 78.0 Å². The van der Waals surface area contributed by atoms with E-state index in [4.69, 9.17) is 4.99 Å². The van der Waals surface area contributed by atoms with E-state index in [1.165, 1.54) is 59.9 Å². The minimum atomic E-state index is 0.746. The molecule has 50 heavy (non-hydrogen) atoms. The van der Waals surface area contributed by atoms with Gasteiger partial charge >= 0.3 is 0 Å². The SMILES string of the molecule is C=N/C(=C\Cc1ccccc1)n1c2ccccc2c2c(-n3c4ccccc4c4ccccc43)cc(-n3c4ccccc4c4ccccc43)cc21. The van der Waals surface area contributed by atoms with E-state index in [9.17, 15) is 0 Å². The maximum absolute atomic E-state index is 4.69. The molecule has 0 saturated carbocycles. The largest absolute Gasteiger partial charge is 0.309 e. The number of aliphatic imine (C=N–C) groups is 1. The molecule has 4 nitrogen and oxygen atoms in total. The summed E-state index contributed by atoms with van der Waals surface area (Å²) < 4.78 is 7.17. The zero-order valence-electron chi connectivity index (χ0n) is 27.4. The molecule has 7 aromatic carbocycles. The van der Waals surface area contributed by atoms with Crippen molar-refractivity contribution in [3.63, 3.8) is 0 Å². The van der Waals surface area contributed by atoms with Crippen LogP contribution in [0.25, 0.3) is 82.6 Å². The van der Waals surface area contributed by atoms with Crippen molar-refractivity contribution in [2.24, 2.45) is 4.99 Å². The fourth-order valence-corrected chi connectivity index (χ4v) is 8.04. The lowest BCUT2D eigenvalue weighted by Crippen LogP contribution is -2.02. The van der Waals surface area contributed by atoms with E-state index in [1.807, 2.05) is 0 Å². The molecule has 0 bridgehead atoms. The molecule has 236 valence electrons. The van der Waals surface area contributed by atoms with E-state index < -0.39 is 0 Å². The fraction of sp³-hybridized carbons (Fsp3) is 0.0217. The minimum absolute atomic E-state index is 0.746. The highest BCUT2D eigenvalue weighted by molar-refractivity contribution is 6.18. The number of fused-ring (bicyclic) bond motifs is 9. The molecule has 0 N–H and O–H groups in total. The number of hydrogen-bond acceptors (Lipinski definition) is 1. The summed E-state index contributed by atoms with van der Waals surface area (Å²) in [5.41, 5.74) is 10.3. The van der Waals surface area contributed by atoms with Gasteiger partial charge in [-0.15, -0.1) is 0 Å². The predicted octanol–water partition coefficient (Wildman–Crippen LogP) is 11.7. The maximum atomic E-state index is 4.69. The van der Waals surface area contributed by atoms with Gasteiger partial charge in [0.1, 0.15) is 5.82 Å². The third kappa shape index (κ3) is 4.15. The summed E-state index contributed by atoms with van der Waals surface area (Å²) >= 11 is 0. The lowest BCUT2D eigenvalue weighted by atomic mass is 10.1. The molecular weight excluding hydrogens is 609 g/mol. The summed E-state index contributed by atoms with van der Waals surface area (Å²) in [6.07, 6.45) is 2.94. The first-order valence-corrected chi connectivity index (χ1v) is 17.1. The highest BCUT2D eigenvalue weighted by atomic mass is 15.1. The Morgan fingerprint density at radius 3 is 1.48 bits per heavy atom. The summed E-state index contributed by atoms with van der Waals surface area (Å²) in [6.45, 7) is 4.10. The van der Waals surface area contributed by atoms with Crippen molar-refractivity contribution in [1.82, 2.24) is 13.7 Å². The van der Waals surface area contributed by atoms with Crippen LogP contribution in [-0.4, -0.2) is 20.4 Å². The first kappa shape index (κ1) is 28.4. The molecule has 0 radical (unpaired) electrons. The third-order valence-corrected chi connectivity index (χ3v) is 10.2. The smallest absolute Gasteiger partial charge is 0.133 e. The molecule has 0 aliphatic rings. The van der Waals surface area contributed by atoms with Gasteiger partial charge in [0, 0.05) is 32.3 Å². The predicted molar refractivity (Wildman–Crippen MR) is 212 cm³/mol. The molecule has 0 saturated heterocycles. The number of aromatic nitrogens is 3. The van der Waals surface area contributed by atoms with Gasteiger partial charge in [-0.3, -0.25) is 4.57 Å². The van der Waals surface area contributed by atoms with Gasteiger partial charge in [-0.1, -0.05) is 121 Å². The lowest BCUT2D eigenvalue weighted by molar-refractivity contribution is 1.12. The minimum Gasteiger partial charge on any atom is -0.309 e. The van der Waals surface area contributed by atoms with E-state index in [-0.39, 0.29) is 0 Å². The van der Waals surface area contributed by atoms with Gasteiger partial charge in [0.15, 0.2) is 0 Å². The second-order valence-corrected chi connectivity index (χ2v) is 12.9. The molecule has 0 atom stereocenters. The quantitative estimate of drug-likeness (QED) is 0.162. The molecule has 0 aliphatic carbocycles. The van der Waals surface area contributed by atoms with Crippen molar-refractivity contribution in [2.45, 2.75) is 6.42 Å². The Morgan fingerprint density at radius 1 is 0.480 bits per heavy atom. The molecule has 4 heteroatoms. The summed E-state index contributed by atoms with van der Waals surface area (Å²) in [4.78, 5) is 4.69. The van der Waals surface area contributed by atoms with Crippen LogP contribution in [0.4, 0.5) is 0 Å².